The van der Waals surface area contributed by atoms with Gasteiger partial charge in [-0.25, -0.2) is 0 Å². The summed E-state index contributed by atoms with van der Waals surface area (Å²) < 4.78 is 9.15. The molecular formula is C17H27N3OS. The third-order valence-corrected chi connectivity index (χ3v) is 4.23. The predicted octanol–water partition coefficient (Wildman–Crippen LogP) is 3.48. The van der Waals surface area contributed by atoms with Gasteiger partial charge in [-0.3, -0.25) is 4.72 Å². The second-order valence-corrected chi connectivity index (χ2v) is 6.12. The fourth-order valence-electron chi connectivity index (χ4n) is 2.55. The number of benzene rings is 1. The van der Waals surface area contributed by atoms with E-state index in [2.05, 4.69) is 28.1 Å². The molecule has 0 saturated carbocycles. The summed E-state index contributed by atoms with van der Waals surface area (Å²) in [6.45, 7) is 2.55. The molecule has 1 aromatic heterocycles. The van der Waals surface area contributed by atoms with E-state index in [0.29, 0.717) is 6.54 Å². The van der Waals surface area contributed by atoms with E-state index in [4.69, 9.17) is 10.5 Å². The number of unbranched alkanes of at least 4 members (excludes halogenated alkanes) is 3. The van der Waals surface area contributed by atoms with Crippen molar-refractivity contribution in [3.8, 4) is 5.75 Å². The molecular weight excluding hydrogens is 294 g/mol. The van der Waals surface area contributed by atoms with Crippen LogP contribution in [0.3, 0.4) is 0 Å². The maximum absolute atomic E-state index is 5.88. The molecule has 0 saturated heterocycles. The average Bonchev–Trinajstić information content (AvgIpc) is 2.93. The monoisotopic (exact) mass is 321 g/mol. The molecule has 4 N–H and O–H groups in total. The van der Waals surface area contributed by atoms with Crippen LogP contribution in [0.15, 0.2) is 24.4 Å². The molecule has 0 aliphatic rings. The Morgan fingerprint density at radius 1 is 1.23 bits per heavy atom. The minimum atomic E-state index is 0.670. The van der Waals surface area contributed by atoms with Gasteiger partial charge in [0.15, 0.2) is 0 Å². The van der Waals surface area contributed by atoms with E-state index in [-0.39, 0.29) is 0 Å². The van der Waals surface area contributed by atoms with Crippen molar-refractivity contribution in [1.29, 1.82) is 0 Å². The summed E-state index contributed by atoms with van der Waals surface area (Å²) in [7, 11) is 0. The van der Waals surface area contributed by atoms with Gasteiger partial charge in [-0.2, -0.15) is 0 Å². The highest BCUT2D eigenvalue weighted by Crippen LogP contribution is 2.24. The first-order valence-electron chi connectivity index (χ1n) is 8.04. The normalized spacial score (nSPS) is 11.2. The van der Waals surface area contributed by atoms with Crippen molar-refractivity contribution < 1.29 is 4.74 Å². The molecule has 0 radical (unpaired) electrons. The molecule has 2 aromatic rings. The molecule has 0 fully saturated rings. The smallest absolute Gasteiger partial charge is 0.120 e. The molecule has 1 aromatic carbocycles. The number of nitrogens with one attached hydrogen (secondary N) is 2. The first-order valence-corrected chi connectivity index (χ1v) is 9.26. The van der Waals surface area contributed by atoms with Crippen molar-refractivity contribution in [1.82, 2.24) is 9.71 Å². The van der Waals surface area contributed by atoms with Crippen LogP contribution in [0, 0.1) is 0 Å². The van der Waals surface area contributed by atoms with Crippen molar-refractivity contribution in [3.63, 3.8) is 0 Å². The fourth-order valence-corrected chi connectivity index (χ4v) is 2.90. The third-order valence-electron chi connectivity index (χ3n) is 3.74. The van der Waals surface area contributed by atoms with Gasteiger partial charge in [0.1, 0.15) is 5.75 Å². The van der Waals surface area contributed by atoms with Crippen LogP contribution in [0.5, 0.6) is 5.75 Å². The summed E-state index contributed by atoms with van der Waals surface area (Å²) >= 11 is 1.69. The van der Waals surface area contributed by atoms with E-state index in [0.717, 1.165) is 37.3 Å². The number of nitrogens with two attached hydrogens (primary N) is 1. The van der Waals surface area contributed by atoms with Gasteiger partial charge >= 0.3 is 0 Å². The van der Waals surface area contributed by atoms with Gasteiger partial charge in [0.05, 0.1) is 6.61 Å². The van der Waals surface area contributed by atoms with Crippen LogP contribution in [0.25, 0.3) is 10.9 Å². The Morgan fingerprint density at radius 3 is 2.91 bits per heavy atom. The zero-order chi connectivity index (χ0) is 15.6. The SMILES string of the molecule is CSNCCCCCCOc1ccc2[nH]cc(CCN)c2c1. The van der Waals surface area contributed by atoms with E-state index in [1.54, 1.807) is 11.9 Å². The van der Waals surface area contributed by atoms with Crippen LogP contribution in [0.2, 0.25) is 0 Å². The third kappa shape index (κ3) is 5.23. The molecule has 1 heterocycles. The number of rotatable bonds is 11. The number of ether oxygens (including phenoxy) is 1. The zero-order valence-electron chi connectivity index (χ0n) is 13.4. The van der Waals surface area contributed by atoms with Gasteiger partial charge < -0.3 is 15.5 Å². The van der Waals surface area contributed by atoms with Crippen molar-refractivity contribution in [2.45, 2.75) is 32.1 Å². The Balaban J connectivity index is 1.73. The van der Waals surface area contributed by atoms with Crippen LogP contribution < -0.4 is 15.2 Å². The number of aromatic nitrogens is 1. The van der Waals surface area contributed by atoms with Crippen LogP contribution in [-0.2, 0) is 6.42 Å². The Hall–Kier alpha value is -1.17. The van der Waals surface area contributed by atoms with Crippen molar-refractivity contribution in [3.05, 3.63) is 30.0 Å². The van der Waals surface area contributed by atoms with Crippen LogP contribution in [-0.4, -0.2) is 30.9 Å². The van der Waals surface area contributed by atoms with Crippen molar-refractivity contribution >= 4 is 22.9 Å². The molecule has 0 bridgehead atoms. The van der Waals surface area contributed by atoms with E-state index < -0.39 is 0 Å². The average molecular weight is 321 g/mol. The van der Waals surface area contributed by atoms with E-state index in [1.807, 2.05) is 12.3 Å². The Kier molecular flexibility index (Phi) is 7.63. The summed E-state index contributed by atoms with van der Waals surface area (Å²) in [6, 6.07) is 6.24. The van der Waals surface area contributed by atoms with Gasteiger partial charge in [-0.1, -0.05) is 24.8 Å². The second-order valence-electron chi connectivity index (χ2n) is 5.42. The first-order chi connectivity index (χ1) is 10.8. The Labute approximate surface area is 137 Å². The van der Waals surface area contributed by atoms with E-state index in [9.17, 15) is 0 Å². The molecule has 122 valence electrons. The van der Waals surface area contributed by atoms with Crippen molar-refractivity contribution in [2.75, 3.05) is 26.0 Å². The minimum Gasteiger partial charge on any atom is -0.494 e. The second kappa shape index (κ2) is 9.77. The Bertz CT molecular complexity index is 556. The maximum Gasteiger partial charge on any atom is 0.120 e. The Morgan fingerprint density at radius 2 is 2.09 bits per heavy atom. The number of hydrogen-bond donors (Lipinski definition) is 3. The lowest BCUT2D eigenvalue weighted by atomic mass is 10.1. The highest BCUT2D eigenvalue weighted by molar-refractivity contribution is 7.96. The molecule has 0 amide bonds. The lowest BCUT2D eigenvalue weighted by Crippen LogP contribution is -2.04. The maximum atomic E-state index is 5.88. The van der Waals surface area contributed by atoms with Gasteiger partial charge in [0.2, 0.25) is 0 Å². The topological polar surface area (TPSA) is 63.1 Å². The van der Waals surface area contributed by atoms with Crippen LogP contribution >= 0.6 is 11.9 Å². The molecule has 0 atom stereocenters. The zero-order valence-corrected chi connectivity index (χ0v) is 14.2. The molecule has 0 aliphatic carbocycles. The molecule has 4 nitrogen and oxygen atoms in total. The van der Waals surface area contributed by atoms with Crippen LogP contribution in [0.4, 0.5) is 0 Å². The van der Waals surface area contributed by atoms with Crippen molar-refractivity contribution in [2.24, 2.45) is 5.73 Å². The number of fused-ring (bicyclic) bond motifs is 1. The molecule has 0 aliphatic heterocycles. The first kappa shape index (κ1) is 17.2. The molecule has 5 heteroatoms. The summed E-state index contributed by atoms with van der Waals surface area (Å²) in [4.78, 5) is 3.28. The van der Waals surface area contributed by atoms with Gasteiger partial charge in [0.25, 0.3) is 0 Å². The van der Waals surface area contributed by atoms with Gasteiger partial charge in [-0.05, 0) is 55.8 Å². The minimum absolute atomic E-state index is 0.670. The summed E-state index contributed by atoms with van der Waals surface area (Å²) in [5.74, 6) is 0.953. The summed E-state index contributed by atoms with van der Waals surface area (Å²) in [6.07, 6.45) is 9.83. The lowest BCUT2D eigenvalue weighted by Gasteiger charge is -2.07. The van der Waals surface area contributed by atoms with Gasteiger partial charge in [0, 0.05) is 23.6 Å². The fraction of sp³-hybridized carbons (Fsp3) is 0.529. The van der Waals surface area contributed by atoms with E-state index >= 15 is 0 Å². The number of H-pyrrole nitrogens is 1. The largest absolute Gasteiger partial charge is 0.494 e. The van der Waals surface area contributed by atoms with Crippen LogP contribution in [0.1, 0.15) is 31.2 Å². The van der Waals surface area contributed by atoms with Gasteiger partial charge in [-0.15, -0.1) is 0 Å². The highest BCUT2D eigenvalue weighted by Gasteiger charge is 2.04. The number of aromatic amines is 1. The molecule has 0 spiro atoms. The standard InChI is InChI=1S/C17H27N3OS/c1-22-20-10-4-2-3-5-11-21-15-6-7-17-16(12-15)14(8-9-18)13-19-17/h6-7,12-13,19-20H,2-5,8-11,18H2,1H3. The highest BCUT2D eigenvalue weighted by atomic mass is 32.2. The van der Waals surface area contributed by atoms with E-state index in [1.165, 1.54) is 30.2 Å². The number of hydrogen-bond acceptors (Lipinski definition) is 4. The summed E-state index contributed by atoms with van der Waals surface area (Å²) in [5, 5.41) is 1.23. The summed E-state index contributed by atoms with van der Waals surface area (Å²) in [5.41, 5.74) is 8.07. The quantitative estimate of drug-likeness (QED) is 0.438. The molecule has 2 rings (SSSR count). The lowest BCUT2D eigenvalue weighted by molar-refractivity contribution is 0.305. The molecule has 0 unspecified atom stereocenters. The molecule has 22 heavy (non-hydrogen) atoms. The predicted molar refractivity (Wildman–Crippen MR) is 96.5 cm³/mol.